The molecule has 4 nitrogen and oxygen atoms in total. The normalized spacial score (nSPS) is 21.1. The van der Waals surface area contributed by atoms with E-state index < -0.39 is 0 Å². The molecule has 0 saturated carbocycles. The summed E-state index contributed by atoms with van der Waals surface area (Å²) in [7, 11) is 0. The van der Waals surface area contributed by atoms with Gasteiger partial charge in [-0.2, -0.15) is 0 Å². The fraction of sp³-hybridized carbons (Fsp3) is 1.00. The molecule has 0 aliphatic carbocycles. The second kappa shape index (κ2) is 11.5. The summed E-state index contributed by atoms with van der Waals surface area (Å²) in [5.41, 5.74) is 0. The first-order chi connectivity index (χ1) is 9.88. The van der Waals surface area contributed by atoms with Crippen LogP contribution in [0.2, 0.25) is 0 Å². The quantitative estimate of drug-likeness (QED) is 0.688. The van der Waals surface area contributed by atoms with Crippen molar-refractivity contribution in [3.63, 3.8) is 0 Å². The van der Waals surface area contributed by atoms with Crippen LogP contribution in [0.3, 0.4) is 0 Å². The number of piperazine rings is 1. The third-order valence-corrected chi connectivity index (χ3v) is 4.05. The monoisotopic (exact) mass is 285 g/mol. The highest BCUT2D eigenvalue weighted by atomic mass is 16.5. The Morgan fingerprint density at radius 1 is 0.950 bits per heavy atom. The lowest BCUT2D eigenvalue weighted by Gasteiger charge is -2.35. The van der Waals surface area contributed by atoms with Gasteiger partial charge in [-0.15, -0.1) is 0 Å². The van der Waals surface area contributed by atoms with Crippen molar-refractivity contribution in [3.8, 4) is 0 Å². The van der Waals surface area contributed by atoms with Crippen LogP contribution in [0.15, 0.2) is 0 Å². The summed E-state index contributed by atoms with van der Waals surface area (Å²) in [4.78, 5) is 5.16. The molecule has 2 aliphatic rings. The first kappa shape index (κ1) is 17.9. The Balaban J connectivity index is 0.000000956. The van der Waals surface area contributed by atoms with Crippen LogP contribution in [-0.4, -0.2) is 74.9 Å². The molecule has 2 saturated heterocycles. The lowest BCUT2D eigenvalue weighted by Crippen LogP contribution is -2.50. The average molecular weight is 285 g/mol. The van der Waals surface area contributed by atoms with E-state index in [-0.39, 0.29) is 0 Å². The second-order valence-electron chi connectivity index (χ2n) is 5.54. The Bertz CT molecular complexity index is 214. The summed E-state index contributed by atoms with van der Waals surface area (Å²) in [5, 5.41) is 3.23. The highest BCUT2D eigenvalue weighted by molar-refractivity contribution is 4.76. The maximum atomic E-state index is 5.77. The molecule has 0 aromatic rings. The predicted octanol–water partition coefficient (Wildman–Crippen LogP) is 1.81. The molecule has 2 rings (SSSR count). The van der Waals surface area contributed by atoms with Crippen molar-refractivity contribution in [1.82, 2.24) is 15.1 Å². The van der Waals surface area contributed by atoms with Gasteiger partial charge in [0, 0.05) is 45.8 Å². The van der Waals surface area contributed by atoms with E-state index >= 15 is 0 Å². The molecule has 0 amide bonds. The molecule has 20 heavy (non-hydrogen) atoms. The summed E-state index contributed by atoms with van der Waals surface area (Å²) in [6.45, 7) is 16.6. The predicted molar refractivity (Wildman–Crippen MR) is 86.4 cm³/mol. The lowest BCUT2D eigenvalue weighted by molar-refractivity contribution is 0.00164. The third kappa shape index (κ3) is 7.02. The number of hydrogen-bond donors (Lipinski definition) is 1. The Morgan fingerprint density at radius 2 is 1.55 bits per heavy atom. The average Bonchev–Trinajstić information content (AvgIpc) is 2.46. The highest BCUT2D eigenvalue weighted by Crippen LogP contribution is 2.05. The number of rotatable bonds is 8. The maximum absolute atomic E-state index is 5.77. The smallest absolute Gasteiger partial charge is 0.0824 e. The van der Waals surface area contributed by atoms with Crippen LogP contribution < -0.4 is 5.32 Å². The van der Waals surface area contributed by atoms with Crippen molar-refractivity contribution in [2.24, 2.45) is 0 Å². The van der Waals surface area contributed by atoms with Crippen LogP contribution in [0.25, 0.3) is 0 Å². The molecule has 2 heterocycles. The van der Waals surface area contributed by atoms with Crippen LogP contribution >= 0.6 is 0 Å². The van der Waals surface area contributed by atoms with Crippen molar-refractivity contribution in [1.29, 1.82) is 0 Å². The van der Waals surface area contributed by atoms with Gasteiger partial charge >= 0.3 is 0 Å². The SMILES string of the molecule is CC.CCCCCN1CCN(CCOC2CNC2)CC1. The van der Waals surface area contributed by atoms with Gasteiger partial charge in [-0.1, -0.05) is 33.6 Å². The first-order valence-electron chi connectivity index (χ1n) is 8.65. The summed E-state index contributed by atoms with van der Waals surface area (Å²) in [6.07, 6.45) is 4.56. The molecule has 0 aromatic carbocycles. The topological polar surface area (TPSA) is 27.7 Å². The molecule has 2 fully saturated rings. The summed E-state index contributed by atoms with van der Waals surface area (Å²) in [6, 6.07) is 0. The van der Waals surface area contributed by atoms with Gasteiger partial charge in [-0.3, -0.25) is 4.90 Å². The molecular weight excluding hydrogens is 250 g/mol. The highest BCUT2D eigenvalue weighted by Gasteiger charge is 2.19. The number of nitrogens with one attached hydrogen (secondary N) is 1. The summed E-state index contributed by atoms with van der Waals surface area (Å²) < 4.78 is 5.77. The molecule has 2 aliphatic heterocycles. The molecule has 120 valence electrons. The van der Waals surface area contributed by atoms with Crippen LogP contribution in [0.5, 0.6) is 0 Å². The van der Waals surface area contributed by atoms with Gasteiger partial charge in [-0.25, -0.2) is 0 Å². The molecule has 1 N–H and O–H groups in total. The lowest BCUT2D eigenvalue weighted by atomic mass is 10.2. The van der Waals surface area contributed by atoms with Crippen molar-refractivity contribution in [2.75, 3.05) is 59.0 Å². The van der Waals surface area contributed by atoms with Crippen LogP contribution in [0, 0.1) is 0 Å². The Morgan fingerprint density at radius 3 is 2.05 bits per heavy atom. The van der Waals surface area contributed by atoms with E-state index in [4.69, 9.17) is 4.74 Å². The van der Waals surface area contributed by atoms with E-state index in [1.165, 1.54) is 52.0 Å². The third-order valence-electron chi connectivity index (χ3n) is 4.05. The molecule has 0 spiro atoms. The fourth-order valence-corrected chi connectivity index (χ4v) is 2.55. The first-order valence-corrected chi connectivity index (χ1v) is 8.65. The second-order valence-corrected chi connectivity index (χ2v) is 5.54. The van der Waals surface area contributed by atoms with Crippen LogP contribution in [0.1, 0.15) is 40.0 Å². The van der Waals surface area contributed by atoms with E-state index in [0.29, 0.717) is 6.10 Å². The zero-order valence-electron chi connectivity index (χ0n) is 13.9. The van der Waals surface area contributed by atoms with E-state index in [1.807, 2.05) is 13.8 Å². The number of unbranched alkanes of at least 4 members (excludes halogenated alkanes) is 2. The number of hydrogen-bond acceptors (Lipinski definition) is 4. The Kier molecular flexibility index (Phi) is 10.3. The minimum atomic E-state index is 0.486. The van der Waals surface area contributed by atoms with E-state index in [1.54, 1.807) is 0 Å². The van der Waals surface area contributed by atoms with Gasteiger partial charge in [0.05, 0.1) is 12.7 Å². The van der Waals surface area contributed by atoms with E-state index in [0.717, 1.165) is 26.2 Å². The van der Waals surface area contributed by atoms with E-state index in [9.17, 15) is 0 Å². The maximum Gasteiger partial charge on any atom is 0.0824 e. The molecule has 4 heteroatoms. The largest absolute Gasteiger partial charge is 0.374 e. The molecule has 0 bridgehead atoms. The van der Waals surface area contributed by atoms with Crippen molar-refractivity contribution >= 4 is 0 Å². The molecule has 0 radical (unpaired) electrons. The van der Waals surface area contributed by atoms with Crippen LogP contribution in [-0.2, 0) is 4.74 Å². The summed E-state index contributed by atoms with van der Waals surface area (Å²) >= 11 is 0. The zero-order valence-corrected chi connectivity index (χ0v) is 13.9. The Hall–Kier alpha value is -0.160. The van der Waals surface area contributed by atoms with Crippen molar-refractivity contribution in [2.45, 2.75) is 46.1 Å². The number of nitrogens with zero attached hydrogens (tertiary/aromatic N) is 2. The Labute approximate surface area is 125 Å². The standard InChI is InChI=1S/C14H29N3O.C2H6/c1-2-3-4-5-16-6-8-17(9-7-16)10-11-18-14-12-15-13-14;1-2/h14-15H,2-13H2,1H3;1-2H3. The molecule has 0 atom stereocenters. The molecule has 0 unspecified atom stereocenters. The summed E-state index contributed by atoms with van der Waals surface area (Å²) in [5.74, 6) is 0. The minimum absolute atomic E-state index is 0.486. The van der Waals surface area contributed by atoms with Gasteiger partial charge in [0.2, 0.25) is 0 Å². The van der Waals surface area contributed by atoms with E-state index in [2.05, 4.69) is 22.0 Å². The van der Waals surface area contributed by atoms with Crippen molar-refractivity contribution < 1.29 is 4.74 Å². The van der Waals surface area contributed by atoms with Gasteiger partial charge in [0.15, 0.2) is 0 Å². The van der Waals surface area contributed by atoms with Crippen molar-refractivity contribution in [3.05, 3.63) is 0 Å². The molecule has 0 aromatic heterocycles. The molecular formula is C16H35N3O. The van der Waals surface area contributed by atoms with Gasteiger partial charge in [-0.05, 0) is 13.0 Å². The fourth-order valence-electron chi connectivity index (χ4n) is 2.55. The zero-order chi connectivity index (χ0) is 14.6. The van der Waals surface area contributed by atoms with Gasteiger partial charge in [0.25, 0.3) is 0 Å². The van der Waals surface area contributed by atoms with Crippen LogP contribution in [0.4, 0.5) is 0 Å². The number of ether oxygens (including phenoxy) is 1. The minimum Gasteiger partial charge on any atom is -0.374 e. The van der Waals surface area contributed by atoms with Gasteiger partial charge in [0.1, 0.15) is 0 Å². The van der Waals surface area contributed by atoms with Gasteiger partial charge < -0.3 is 15.0 Å².